The van der Waals surface area contributed by atoms with Gasteiger partial charge < -0.3 is 5.11 Å². The molecule has 1 aromatic heterocycles. The Morgan fingerprint density at radius 2 is 2.11 bits per heavy atom. The van der Waals surface area contributed by atoms with Crippen LogP contribution in [0.15, 0.2) is 6.33 Å². The van der Waals surface area contributed by atoms with Gasteiger partial charge in [-0.15, -0.1) is 0 Å². The molecule has 0 saturated carbocycles. The van der Waals surface area contributed by atoms with E-state index in [9.17, 15) is 0 Å². The molecule has 4 nitrogen and oxygen atoms in total. The third-order valence-electron chi connectivity index (χ3n) is 0.530. The van der Waals surface area contributed by atoms with Gasteiger partial charge in [0.2, 0.25) is 5.28 Å². The third-order valence-corrected chi connectivity index (χ3v) is 0.712. The number of halogens is 1. The van der Waals surface area contributed by atoms with Gasteiger partial charge in [-0.2, -0.15) is 9.97 Å². The molecule has 1 aromatic rings. The van der Waals surface area contributed by atoms with Crippen LogP contribution in [0.25, 0.3) is 0 Å². The summed E-state index contributed by atoms with van der Waals surface area (Å²) in [6.45, 7) is 0. The molecule has 0 aromatic carbocycles. The van der Waals surface area contributed by atoms with Crippen molar-refractivity contribution < 1.29 is 5.11 Å². The predicted molar refractivity (Wildman–Crippen MR) is 33.7 cm³/mol. The Balaban J connectivity index is 0.000000640. The van der Waals surface area contributed by atoms with E-state index in [1.807, 2.05) is 0 Å². The monoisotopic (exact) mass is 171 g/mol. The minimum absolute atomic E-state index is 0. The summed E-state index contributed by atoms with van der Waals surface area (Å²) < 4.78 is 0. The van der Waals surface area contributed by atoms with E-state index >= 15 is 0 Å². The van der Waals surface area contributed by atoms with Crippen molar-refractivity contribution in [3.8, 4) is 6.01 Å². The van der Waals surface area contributed by atoms with E-state index in [-0.39, 0.29) is 62.7 Å². The summed E-state index contributed by atoms with van der Waals surface area (Å²) in [5.41, 5.74) is 0. The Labute approximate surface area is 99.1 Å². The van der Waals surface area contributed by atoms with Gasteiger partial charge in [0.1, 0.15) is 6.33 Å². The SMILES string of the molecule is Oc1ncnc(Cl)n1.[KH]. The predicted octanol–water partition coefficient (Wildman–Crippen LogP) is -0.418. The summed E-state index contributed by atoms with van der Waals surface area (Å²) in [5.74, 6) is 0. The zero-order chi connectivity index (χ0) is 5.98. The topological polar surface area (TPSA) is 58.9 Å². The number of rotatable bonds is 0. The van der Waals surface area contributed by atoms with E-state index in [1.54, 1.807) is 0 Å². The van der Waals surface area contributed by atoms with Gasteiger partial charge in [0.15, 0.2) is 0 Å². The summed E-state index contributed by atoms with van der Waals surface area (Å²) in [4.78, 5) is 9.98. The van der Waals surface area contributed by atoms with Gasteiger partial charge in [-0.1, -0.05) is 0 Å². The fourth-order valence-corrected chi connectivity index (χ4v) is 0.388. The molecule has 0 saturated heterocycles. The van der Waals surface area contributed by atoms with Crippen molar-refractivity contribution in [2.75, 3.05) is 0 Å². The van der Waals surface area contributed by atoms with Gasteiger partial charge in [0.05, 0.1) is 0 Å². The molecule has 0 aliphatic rings. The number of aromatic hydroxyl groups is 1. The molecular formula is C3H3ClKN3O. The summed E-state index contributed by atoms with van der Waals surface area (Å²) >= 11 is 5.22. The van der Waals surface area contributed by atoms with Gasteiger partial charge in [0.25, 0.3) is 0 Å². The van der Waals surface area contributed by atoms with Crippen LogP contribution in [-0.4, -0.2) is 71.4 Å². The first-order valence-electron chi connectivity index (χ1n) is 1.82. The van der Waals surface area contributed by atoms with Crippen molar-refractivity contribution >= 4 is 63.0 Å². The molecule has 1 rings (SSSR count). The van der Waals surface area contributed by atoms with Gasteiger partial charge in [-0.25, -0.2) is 4.98 Å². The standard InChI is InChI=1S/C3H2ClN3O.K.H/c4-2-5-1-6-3(8)7-2;;/h1H,(H,5,6,7,8);;. The second-order valence-corrected chi connectivity index (χ2v) is 1.39. The van der Waals surface area contributed by atoms with Crippen molar-refractivity contribution in [2.45, 2.75) is 0 Å². The van der Waals surface area contributed by atoms with E-state index in [0.717, 1.165) is 6.33 Å². The van der Waals surface area contributed by atoms with Crippen molar-refractivity contribution in [2.24, 2.45) is 0 Å². The Kier molecular flexibility index (Phi) is 4.91. The number of nitrogens with zero attached hydrogens (tertiary/aromatic N) is 3. The van der Waals surface area contributed by atoms with E-state index in [4.69, 9.17) is 16.7 Å². The molecule has 0 atom stereocenters. The zero-order valence-corrected chi connectivity index (χ0v) is 4.50. The van der Waals surface area contributed by atoms with Crippen molar-refractivity contribution in [3.05, 3.63) is 11.6 Å². The number of hydrogen-bond donors (Lipinski definition) is 1. The third kappa shape index (κ3) is 3.44. The van der Waals surface area contributed by atoms with Gasteiger partial charge in [-0.05, 0) is 11.6 Å². The van der Waals surface area contributed by atoms with Gasteiger partial charge in [-0.3, -0.25) is 0 Å². The Morgan fingerprint density at radius 3 is 2.44 bits per heavy atom. The molecule has 0 fully saturated rings. The van der Waals surface area contributed by atoms with Crippen LogP contribution in [0.4, 0.5) is 0 Å². The summed E-state index contributed by atoms with van der Waals surface area (Å²) in [6.07, 6.45) is 1.13. The van der Waals surface area contributed by atoms with Crippen LogP contribution in [0.3, 0.4) is 0 Å². The van der Waals surface area contributed by atoms with Crippen LogP contribution in [0, 0.1) is 0 Å². The van der Waals surface area contributed by atoms with Crippen molar-refractivity contribution in [1.29, 1.82) is 0 Å². The van der Waals surface area contributed by atoms with E-state index in [1.165, 1.54) is 0 Å². The second-order valence-electron chi connectivity index (χ2n) is 1.05. The fourth-order valence-electron chi connectivity index (χ4n) is 0.268. The molecule has 0 unspecified atom stereocenters. The van der Waals surface area contributed by atoms with Crippen LogP contribution >= 0.6 is 11.6 Å². The quantitative estimate of drug-likeness (QED) is 0.539. The molecule has 1 N–H and O–H groups in total. The number of hydrogen-bond acceptors (Lipinski definition) is 4. The van der Waals surface area contributed by atoms with Crippen molar-refractivity contribution in [1.82, 2.24) is 15.0 Å². The van der Waals surface area contributed by atoms with Crippen LogP contribution in [-0.2, 0) is 0 Å². The molecule has 9 heavy (non-hydrogen) atoms. The van der Waals surface area contributed by atoms with E-state index in [0.29, 0.717) is 0 Å². The second kappa shape index (κ2) is 4.54. The van der Waals surface area contributed by atoms with Crippen LogP contribution in [0.2, 0.25) is 5.28 Å². The van der Waals surface area contributed by atoms with Crippen LogP contribution in [0.1, 0.15) is 0 Å². The van der Waals surface area contributed by atoms with Crippen LogP contribution < -0.4 is 0 Å². The Hall–Kier alpha value is 0.736. The minimum atomic E-state index is -0.356. The molecule has 0 bridgehead atoms. The normalized spacial score (nSPS) is 8.11. The van der Waals surface area contributed by atoms with Crippen molar-refractivity contribution in [3.63, 3.8) is 0 Å². The Bertz CT molecular complexity index is 179. The zero-order valence-electron chi connectivity index (χ0n) is 3.74. The van der Waals surface area contributed by atoms with Gasteiger partial charge in [0, 0.05) is 0 Å². The van der Waals surface area contributed by atoms with E-state index in [2.05, 4.69) is 15.0 Å². The summed E-state index contributed by atoms with van der Waals surface area (Å²) in [7, 11) is 0. The maximum atomic E-state index is 8.47. The molecule has 6 heteroatoms. The first kappa shape index (κ1) is 9.74. The first-order chi connectivity index (χ1) is 3.79. The fraction of sp³-hybridized carbons (Fsp3) is 0. The van der Waals surface area contributed by atoms with E-state index < -0.39 is 0 Å². The first-order valence-corrected chi connectivity index (χ1v) is 2.20. The molecule has 1 heterocycles. The molecule has 0 aliphatic carbocycles. The number of aromatic nitrogens is 3. The molecule has 0 aliphatic heterocycles. The molecule has 0 radical (unpaired) electrons. The van der Waals surface area contributed by atoms with Crippen LogP contribution in [0.5, 0.6) is 6.01 Å². The molecule has 0 spiro atoms. The van der Waals surface area contributed by atoms with Gasteiger partial charge >= 0.3 is 57.4 Å². The molecule has 44 valence electrons. The molecule has 0 amide bonds. The summed E-state index contributed by atoms with van der Waals surface area (Å²) in [5, 5.41) is 8.46. The average Bonchev–Trinajstić information content (AvgIpc) is 1.64. The molecular weight excluding hydrogens is 169 g/mol. The average molecular weight is 172 g/mol. The summed E-state index contributed by atoms with van der Waals surface area (Å²) in [6, 6.07) is -0.356. The Morgan fingerprint density at radius 1 is 1.44 bits per heavy atom. The maximum absolute atomic E-state index is 8.47.